The van der Waals surface area contributed by atoms with Crippen molar-refractivity contribution < 1.29 is 27.8 Å². The molecule has 1 heterocycles. The van der Waals surface area contributed by atoms with Crippen molar-refractivity contribution in [3.05, 3.63) is 31.9 Å². The maximum Gasteiger partial charge on any atom is 0.418 e. The van der Waals surface area contributed by atoms with Crippen LogP contribution in [0.3, 0.4) is 0 Å². The van der Waals surface area contributed by atoms with Crippen LogP contribution in [0.15, 0.2) is 11.0 Å². The first-order valence-corrected chi connectivity index (χ1v) is 9.10. The number of amides is 1. The summed E-state index contributed by atoms with van der Waals surface area (Å²) in [5.41, 5.74) is -4.02. The number of benzene rings is 1. The Morgan fingerprint density at radius 3 is 2.21 bits per heavy atom. The van der Waals surface area contributed by atoms with Gasteiger partial charge in [-0.1, -0.05) is 0 Å². The van der Waals surface area contributed by atoms with Crippen LogP contribution in [0.25, 0.3) is 0 Å². The van der Waals surface area contributed by atoms with Crippen LogP contribution in [-0.2, 0) is 11.0 Å². The Kier molecular flexibility index (Phi) is 6.37. The molecule has 0 bridgehead atoms. The number of nitrogens with zero attached hydrogens (tertiary/aromatic N) is 4. The van der Waals surface area contributed by atoms with Gasteiger partial charge in [-0.25, -0.2) is 0 Å². The van der Waals surface area contributed by atoms with Crippen LogP contribution in [-0.4, -0.2) is 39.7 Å². The SMILES string of the molecule is CCN(CC)c1c([N+](=O)[O-])cc(C(F)(F)F)c(SN2CCCC2=O)c1[N+](=O)[O-]. The lowest BCUT2D eigenvalue weighted by molar-refractivity contribution is -0.395. The van der Waals surface area contributed by atoms with E-state index in [1.807, 2.05) is 0 Å². The molecule has 1 fully saturated rings. The van der Waals surface area contributed by atoms with E-state index in [1.165, 1.54) is 4.90 Å². The molecule has 0 aliphatic carbocycles. The van der Waals surface area contributed by atoms with Gasteiger partial charge in [0, 0.05) is 32.1 Å². The minimum atomic E-state index is -5.08. The number of nitro benzene ring substituents is 2. The summed E-state index contributed by atoms with van der Waals surface area (Å²) in [5, 5.41) is 23.2. The van der Waals surface area contributed by atoms with Gasteiger partial charge in [0.25, 0.3) is 5.69 Å². The number of anilines is 1. The minimum absolute atomic E-state index is 0.107. The highest BCUT2D eigenvalue weighted by Crippen LogP contribution is 2.51. The molecule has 0 saturated carbocycles. The van der Waals surface area contributed by atoms with Gasteiger partial charge in [-0.3, -0.25) is 29.3 Å². The molecule has 28 heavy (non-hydrogen) atoms. The average Bonchev–Trinajstić information content (AvgIpc) is 2.99. The number of nitro groups is 2. The third kappa shape index (κ3) is 4.13. The maximum absolute atomic E-state index is 13.6. The Balaban J connectivity index is 2.88. The molecule has 1 aromatic carbocycles. The molecule has 0 aromatic heterocycles. The zero-order chi connectivity index (χ0) is 21.2. The highest BCUT2D eigenvalue weighted by Gasteiger charge is 2.45. The summed E-state index contributed by atoms with van der Waals surface area (Å²) in [4.78, 5) is 33.4. The number of hydrogen-bond acceptors (Lipinski definition) is 7. The molecular weight excluding hydrogens is 405 g/mol. The minimum Gasteiger partial charge on any atom is -0.361 e. The molecule has 1 saturated heterocycles. The van der Waals surface area contributed by atoms with Gasteiger partial charge in [-0.15, -0.1) is 0 Å². The molecule has 2 rings (SSSR count). The Morgan fingerprint density at radius 2 is 1.82 bits per heavy atom. The van der Waals surface area contributed by atoms with Crippen LogP contribution in [0.2, 0.25) is 0 Å². The summed E-state index contributed by atoms with van der Waals surface area (Å²) in [6.45, 7) is 3.50. The molecule has 1 aliphatic heterocycles. The summed E-state index contributed by atoms with van der Waals surface area (Å²) < 4.78 is 41.9. The lowest BCUT2D eigenvalue weighted by Crippen LogP contribution is -2.26. The third-order valence-corrected chi connectivity index (χ3v) is 5.41. The van der Waals surface area contributed by atoms with Crippen molar-refractivity contribution in [3.8, 4) is 0 Å². The van der Waals surface area contributed by atoms with Crippen molar-refractivity contribution in [2.45, 2.75) is 37.8 Å². The van der Waals surface area contributed by atoms with Crippen molar-refractivity contribution in [3.63, 3.8) is 0 Å². The predicted octanol–water partition coefficient (Wildman–Crippen LogP) is 4.00. The van der Waals surface area contributed by atoms with Gasteiger partial charge in [-0.2, -0.15) is 13.2 Å². The van der Waals surface area contributed by atoms with Crippen LogP contribution in [0.1, 0.15) is 32.3 Å². The van der Waals surface area contributed by atoms with E-state index in [1.54, 1.807) is 13.8 Å². The van der Waals surface area contributed by atoms with Crippen molar-refractivity contribution >= 4 is 34.9 Å². The number of halogens is 3. The maximum atomic E-state index is 13.6. The summed E-state index contributed by atoms with van der Waals surface area (Å²) in [7, 11) is 0. The Hall–Kier alpha value is -2.57. The van der Waals surface area contributed by atoms with Gasteiger partial charge in [-0.05, 0) is 32.2 Å². The summed E-state index contributed by atoms with van der Waals surface area (Å²) >= 11 is 0.314. The van der Waals surface area contributed by atoms with E-state index in [4.69, 9.17) is 0 Å². The van der Waals surface area contributed by atoms with Crippen LogP contribution in [0.4, 0.5) is 30.2 Å². The summed E-state index contributed by atoms with van der Waals surface area (Å²) in [5.74, 6) is -0.449. The molecule has 0 N–H and O–H groups in total. The van der Waals surface area contributed by atoms with E-state index in [-0.39, 0.29) is 26.1 Å². The fraction of sp³-hybridized carbons (Fsp3) is 0.533. The standard InChI is InChI=1S/C15H17F3N4O5S/c1-3-19(4-2)12-10(21(24)25)8-9(15(16,17)18)14(13(12)22(26)27)28-20-7-5-6-11(20)23/h8H,3-7H2,1-2H3. The van der Waals surface area contributed by atoms with Gasteiger partial charge in [0.05, 0.1) is 15.4 Å². The smallest absolute Gasteiger partial charge is 0.361 e. The second-order valence-electron chi connectivity index (χ2n) is 5.84. The molecular formula is C15H17F3N4O5S. The van der Waals surface area contributed by atoms with Crippen molar-refractivity contribution in [1.82, 2.24) is 4.31 Å². The van der Waals surface area contributed by atoms with Crippen LogP contribution < -0.4 is 4.90 Å². The second-order valence-corrected chi connectivity index (χ2v) is 6.88. The van der Waals surface area contributed by atoms with Gasteiger partial charge in [0.15, 0.2) is 5.69 Å². The normalized spacial score (nSPS) is 14.5. The number of carbonyl (C=O) groups excluding carboxylic acids is 1. The van der Waals surface area contributed by atoms with Gasteiger partial charge in [0.1, 0.15) is 4.90 Å². The molecule has 1 aromatic rings. The van der Waals surface area contributed by atoms with E-state index in [2.05, 4.69) is 0 Å². The first-order chi connectivity index (χ1) is 13.0. The third-order valence-electron chi connectivity index (χ3n) is 4.20. The van der Waals surface area contributed by atoms with Gasteiger partial charge < -0.3 is 4.90 Å². The Bertz CT molecular complexity index is 814. The first kappa shape index (κ1) is 21.7. The van der Waals surface area contributed by atoms with Crippen LogP contribution in [0.5, 0.6) is 0 Å². The molecule has 0 radical (unpaired) electrons. The second kappa shape index (κ2) is 8.20. The average molecular weight is 422 g/mol. The van der Waals surface area contributed by atoms with Crippen molar-refractivity contribution in [2.24, 2.45) is 0 Å². The number of alkyl halides is 3. The largest absolute Gasteiger partial charge is 0.418 e. The summed E-state index contributed by atoms with van der Waals surface area (Å²) in [6.07, 6.45) is -4.54. The van der Waals surface area contributed by atoms with E-state index in [9.17, 15) is 38.2 Å². The Morgan fingerprint density at radius 1 is 1.21 bits per heavy atom. The molecule has 1 amide bonds. The van der Waals surface area contributed by atoms with Gasteiger partial charge in [0.2, 0.25) is 5.91 Å². The fourth-order valence-corrected chi connectivity index (χ4v) is 4.08. The topological polar surface area (TPSA) is 110 Å². The monoisotopic (exact) mass is 422 g/mol. The molecule has 0 atom stereocenters. The van der Waals surface area contributed by atoms with Gasteiger partial charge >= 0.3 is 11.9 Å². The number of rotatable bonds is 7. The highest BCUT2D eigenvalue weighted by atomic mass is 32.2. The molecule has 13 heteroatoms. The summed E-state index contributed by atoms with van der Waals surface area (Å²) in [6, 6.07) is 0.309. The number of carbonyl (C=O) groups is 1. The number of hydrogen-bond donors (Lipinski definition) is 0. The first-order valence-electron chi connectivity index (χ1n) is 8.33. The van der Waals surface area contributed by atoms with E-state index in [0.717, 1.165) is 4.31 Å². The quantitative estimate of drug-likeness (QED) is 0.371. The van der Waals surface area contributed by atoms with Crippen molar-refractivity contribution in [1.29, 1.82) is 0 Å². The van der Waals surface area contributed by atoms with Crippen LogP contribution >= 0.6 is 11.9 Å². The highest BCUT2D eigenvalue weighted by molar-refractivity contribution is 7.97. The van der Waals surface area contributed by atoms with E-state index < -0.39 is 49.5 Å². The van der Waals surface area contributed by atoms with E-state index in [0.29, 0.717) is 24.4 Å². The van der Waals surface area contributed by atoms with E-state index >= 15 is 0 Å². The predicted molar refractivity (Wildman–Crippen MR) is 95.1 cm³/mol. The molecule has 1 aliphatic rings. The zero-order valence-electron chi connectivity index (χ0n) is 15.0. The zero-order valence-corrected chi connectivity index (χ0v) is 15.8. The lowest BCUT2D eigenvalue weighted by Gasteiger charge is -2.24. The van der Waals surface area contributed by atoms with Crippen LogP contribution in [0, 0.1) is 20.2 Å². The molecule has 0 spiro atoms. The Labute approximate surface area is 161 Å². The lowest BCUT2D eigenvalue weighted by atomic mass is 10.1. The molecule has 0 unspecified atom stereocenters. The fourth-order valence-electron chi connectivity index (χ4n) is 2.92. The molecule has 154 valence electrons. The van der Waals surface area contributed by atoms with Crippen molar-refractivity contribution in [2.75, 3.05) is 24.5 Å². The molecule has 9 nitrogen and oxygen atoms in total.